The summed E-state index contributed by atoms with van der Waals surface area (Å²) >= 11 is 1.48. The molecule has 4 N–H and O–H groups in total. The molecule has 114 valence electrons. The number of carbonyl (C=O) groups is 4. The fraction of sp³-hybridized carbons (Fsp3) is 0.636. The highest BCUT2D eigenvalue weighted by Gasteiger charge is 2.19. The molecule has 0 aliphatic carbocycles. The van der Waals surface area contributed by atoms with Crippen LogP contribution in [0.25, 0.3) is 0 Å². The molecule has 0 aliphatic rings. The molecule has 0 radical (unpaired) electrons. The van der Waals surface area contributed by atoms with Crippen LogP contribution >= 0.6 is 11.8 Å². The topological polar surface area (TPSA) is 125 Å². The van der Waals surface area contributed by atoms with E-state index in [1.165, 1.54) is 18.7 Å². The van der Waals surface area contributed by atoms with E-state index < -0.39 is 23.8 Å². The molecule has 9 heteroatoms. The lowest BCUT2D eigenvalue weighted by atomic mass is 10.2. The molecule has 0 spiro atoms. The summed E-state index contributed by atoms with van der Waals surface area (Å²) in [6.07, 6.45) is 2.14. The number of amides is 3. The Kier molecular flexibility index (Phi) is 9.18. The van der Waals surface area contributed by atoms with E-state index in [0.717, 1.165) is 0 Å². The number of nitrogens with one attached hydrogen (secondary N) is 3. The molecule has 1 atom stereocenters. The number of thioether (sulfide) groups is 1. The molecule has 20 heavy (non-hydrogen) atoms. The summed E-state index contributed by atoms with van der Waals surface area (Å²) in [6, 6.07) is -0.970. The first-order valence-electron chi connectivity index (χ1n) is 5.89. The lowest BCUT2D eigenvalue weighted by molar-refractivity contribution is -0.141. The minimum absolute atomic E-state index is 0.225. The van der Waals surface area contributed by atoms with Crippen molar-refractivity contribution in [2.75, 3.05) is 25.1 Å². The van der Waals surface area contributed by atoms with Crippen molar-refractivity contribution in [2.45, 2.75) is 19.4 Å². The zero-order chi connectivity index (χ0) is 15.5. The van der Waals surface area contributed by atoms with Gasteiger partial charge in [-0.2, -0.15) is 11.8 Å². The Balaban J connectivity index is 4.03. The van der Waals surface area contributed by atoms with Crippen LogP contribution in [0.1, 0.15) is 13.3 Å². The molecule has 3 amide bonds. The Labute approximate surface area is 121 Å². The Morgan fingerprint density at radius 1 is 1.10 bits per heavy atom. The third-order valence-corrected chi connectivity index (χ3v) is 2.83. The number of rotatable bonds is 9. The highest BCUT2D eigenvalue weighted by molar-refractivity contribution is 7.98. The number of hydrogen-bond acceptors (Lipinski definition) is 5. The summed E-state index contributed by atoms with van der Waals surface area (Å²) in [4.78, 5) is 44.2. The van der Waals surface area contributed by atoms with E-state index in [1.807, 2.05) is 6.26 Å². The fourth-order valence-electron chi connectivity index (χ4n) is 1.18. The second-order valence-electron chi connectivity index (χ2n) is 3.93. The van der Waals surface area contributed by atoms with E-state index in [1.54, 1.807) is 0 Å². The van der Waals surface area contributed by atoms with Crippen LogP contribution < -0.4 is 16.0 Å². The first-order valence-corrected chi connectivity index (χ1v) is 7.28. The maximum Gasteiger partial charge on any atom is 0.326 e. The van der Waals surface area contributed by atoms with Crippen LogP contribution in [0.2, 0.25) is 0 Å². The number of carbonyl (C=O) groups excluding carboxylic acids is 3. The smallest absolute Gasteiger partial charge is 0.326 e. The minimum Gasteiger partial charge on any atom is -0.480 e. The van der Waals surface area contributed by atoms with Gasteiger partial charge in [0.2, 0.25) is 17.7 Å². The molecule has 0 saturated heterocycles. The summed E-state index contributed by atoms with van der Waals surface area (Å²) in [6.45, 7) is 0.710. The monoisotopic (exact) mass is 305 g/mol. The van der Waals surface area contributed by atoms with Gasteiger partial charge in [0.05, 0.1) is 13.1 Å². The van der Waals surface area contributed by atoms with Gasteiger partial charge in [-0.25, -0.2) is 4.79 Å². The van der Waals surface area contributed by atoms with Crippen molar-refractivity contribution in [3.8, 4) is 0 Å². The lowest BCUT2D eigenvalue weighted by Gasteiger charge is -2.14. The highest BCUT2D eigenvalue weighted by atomic mass is 32.2. The predicted molar refractivity (Wildman–Crippen MR) is 74.3 cm³/mol. The van der Waals surface area contributed by atoms with Gasteiger partial charge >= 0.3 is 5.97 Å². The van der Waals surface area contributed by atoms with Crippen LogP contribution in [0.4, 0.5) is 0 Å². The zero-order valence-electron chi connectivity index (χ0n) is 11.4. The van der Waals surface area contributed by atoms with Gasteiger partial charge in [-0.3, -0.25) is 14.4 Å². The normalized spacial score (nSPS) is 11.3. The molecule has 0 unspecified atom stereocenters. The molecular formula is C11H19N3O5S. The van der Waals surface area contributed by atoms with Crippen LogP contribution in [-0.2, 0) is 19.2 Å². The average molecular weight is 305 g/mol. The maximum atomic E-state index is 11.5. The molecular weight excluding hydrogens is 286 g/mol. The van der Waals surface area contributed by atoms with Gasteiger partial charge < -0.3 is 21.1 Å². The van der Waals surface area contributed by atoms with Crippen molar-refractivity contribution in [3.63, 3.8) is 0 Å². The third-order valence-electron chi connectivity index (χ3n) is 2.19. The predicted octanol–water partition coefficient (Wildman–Crippen LogP) is -1.44. The van der Waals surface area contributed by atoms with Crippen LogP contribution in [0, 0.1) is 0 Å². The number of carboxylic acid groups (broad SMARTS) is 1. The van der Waals surface area contributed by atoms with Crippen LogP contribution in [0.3, 0.4) is 0 Å². The van der Waals surface area contributed by atoms with Crippen molar-refractivity contribution in [1.29, 1.82) is 0 Å². The SMILES string of the molecule is CSCC[C@H](NC(=O)CNC(=O)CNC(C)=O)C(=O)O. The summed E-state index contributed by atoms with van der Waals surface area (Å²) in [5.41, 5.74) is 0. The van der Waals surface area contributed by atoms with E-state index >= 15 is 0 Å². The van der Waals surface area contributed by atoms with E-state index in [2.05, 4.69) is 16.0 Å². The first kappa shape index (κ1) is 18.2. The second kappa shape index (κ2) is 10.1. The molecule has 0 bridgehead atoms. The van der Waals surface area contributed by atoms with Crippen LogP contribution in [0.5, 0.6) is 0 Å². The first-order chi connectivity index (χ1) is 9.36. The Hall–Kier alpha value is -1.77. The quantitative estimate of drug-likeness (QED) is 0.413. The van der Waals surface area contributed by atoms with Crippen molar-refractivity contribution in [1.82, 2.24) is 16.0 Å². The summed E-state index contributed by atoms with van der Waals surface area (Å²) in [5, 5.41) is 15.8. The Morgan fingerprint density at radius 2 is 1.70 bits per heavy atom. The van der Waals surface area contributed by atoms with Gasteiger partial charge in [0.1, 0.15) is 6.04 Å². The molecule has 0 aliphatic heterocycles. The summed E-state index contributed by atoms with van der Waals surface area (Å²) in [7, 11) is 0. The Bertz CT molecular complexity index is 375. The molecule has 0 aromatic heterocycles. The van der Waals surface area contributed by atoms with Crippen molar-refractivity contribution < 1.29 is 24.3 Å². The number of carboxylic acids is 1. The lowest BCUT2D eigenvalue weighted by Crippen LogP contribution is -2.47. The number of aliphatic carboxylic acids is 1. The zero-order valence-corrected chi connectivity index (χ0v) is 12.2. The van der Waals surface area contributed by atoms with E-state index in [-0.39, 0.29) is 19.0 Å². The molecule has 0 aromatic carbocycles. The average Bonchev–Trinajstić information content (AvgIpc) is 2.38. The maximum absolute atomic E-state index is 11.5. The molecule has 0 saturated carbocycles. The highest BCUT2D eigenvalue weighted by Crippen LogP contribution is 2.00. The Morgan fingerprint density at radius 3 is 2.20 bits per heavy atom. The molecule has 0 aromatic rings. The van der Waals surface area contributed by atoms with Gasteiger partial charge in [-0.05, 0) is 18.4 Å². The van der Waals surface area contributed by atoms with E-state index in [0.29, 0.717) is 12.2 Å². The molecule has 0 rings (SSSR count). The van der Waals surface area contributed by atoms with Crippen LogP contribution in [0.15, 0.2) is 0 Å². The third kappa shape index (κ3) is 9.20. The van der Waals surface area contributed by atoms with E-state index in [4.69, 9.17) is 5.11 Å². The van der Waals surface area contributed by atoms with Crippen molar-refractivity contribution >= 4 is 35.5 Å². The molecule has 8 nitrogen and oxygen atoms in total. The van der Waals surface area contributed by atoms with Gasteiger partial charge in [0, 0.05) is 6.92 Å². The van der Waals surface area contributed by atoms with Crippen LogP contribution in [-0.4, -0.2) is 59.9 Å². The van der Waals surface area contributed by atoms with Gasteiger partial charge in [-0.1, -0.05) is 0 Å². The second-order valence-corrected chi connectivity index (χ2v) is 4.91. The van der Waals surface area contributed by atoms with Crippen molar-refractivity contribution in [3.05, 3.63) is 0 Å². The fourth-order valence-corrected chi connectivity index (χ4v) is 1.66. The van der Waals surface area contributed by atoms with Gasteiger partial charge in [0.15, 0.2) is 0 Å². The summed E-state index contributed by atoms with van der Waals surface area (Å²) in [5.74, 6) is -1.97. The van der Waals surface area contributed by atoms with Gasteiger partial charge in [0.25, 0.3) is 0 Å². The largest absolute Gasteiger partial charge is 0.480 e. The summed E-state index contributed by atoms with van der Waals surface area (Å²) < 4.78 is 0. The number of hydrogen-bond donors (Lipinski definition) is 4. The van der Waals surface area contributed by atoms with E-state index in [9.17, 15) is 19.2 Å². The van der Waals surface area contributed by atoms with Crippen molar-refractivity contribution in [2.24, 2.45) is 0 Å². The van der Waals surface area contributed by atoms with Gasteiger partial charge in [-0.15, -0.1) is 0 Å². The molecule has 0 heterocycles. The minimum atomic E-state index is -1.11. The standard InChI is InChI=1S/C11H19N3O5S/c1-7(15)12-5-9(16)13-6-10(17)14-8(11(18)19)3-4-20-2/h8H,3-6H2,1-2H3,(H,12,15)(H,13,16)(H,14,17)(H,18,19)/t8-/m0/s1. The molecule has 0 fully saturated rings.